The predicted octanol–water partition coefficient (Wildman–Crippen LogP) is 2.50. The Morgan fingerprint density at radius 1 is 1.53 bits per heavy atom. The summed E-state index contributed by atoms with van der Waals surface area (Å²) >= 11 is 0. The Hall–Kier alpha value is -1.79. The Morgan fingerprint density at radius 3 is 2.63 bits per heavy atom. The smallest absolute Gasteiger partial charge is 0.387 e. The summed E-state index contributed by atoms with van der Waals surface area (Å²) in [6.07, 6.45) is -3.12. The number of pyridine rings is 1. The second kappa shape index (κ2) is 5.90. The van der Waals surface area contributed by atoms with Crippen molar-refractivity contribution in [3.63, 3.8) is 0 Å². The van der Waals surface area contributed by atoms with E-state index in [1.54, 1.807) is 13.8 Å². The van der Waals surface area contributed by atoms with Crippen LogP contribution in [-0.2, 0) is 6.18 Å². The monoisotopic (exact) mass is 274 g/mol. The van der Waals surface area contributed by atoms with E-state index in [1.807, 2.05) is 0 Å². The van der Waals surface area contributed by atoms with E-state index < -0.39 is 11.7 Å². The van der Waals surface area contributed by atoms with Crippen LogP contribution in [0.4, 0.5) is 19.0 Å². The molecule has 0 saturated heterocycles. The molecule has 0 aliphatic heterocycles. The average Bonchev–Trinajstić information content (AvgIpc) is 2.34. The van der Waals surface area contributed by atoms with E-state index in [2.05, 4.69) is 4.98 Å². The van der Waals surface area contributed by atoms with Crippen LogP contribution >= 0.6 is 0 Å². The van der Waals surface area contributed by atoms with Gasteiger partial charge in [-0.2, -0.15) is 13.2 Å². The van der Waals surface area contributed by atoms with Gasteiger partial charge in [0.25, 0.3) is 0 Å². The van der Waals surface area contributed by atoms with E-state index >= 15 is 0 Å². The zero-order valence-electron chi connectivity index (χ0n) is 10.8. The van der Waals surface area contributed by atoms with E-state index in [9.17, 15) is 13.2 Å². The summed E-state index contributed by atoms with van der Waals surface area (Å²) in [6, 6.07) is 2.26. The van der Waals surface area contributed by atoms with Gasteiger partial charge in [-0.1, -0.05) is 6.92 Å². The van der Waals surface area contributed by atoms with Crippen LogP contribution in [0.5, 0.6) is 0 Å². The summed E-state index contributed by atoms with van der Waals surface area (Å²) in [4.78, 5) is 5.30. The van der Waals surface area contributed by atoms with Crippen LogP contribution in [0.25, 0.3) is 0 Å². The zero-order valence-corrected chi connectivity index (χ0v) is 10.8. The number of aromatic nitrogens is 1. The number of amidine groups is 1. The molecular weight excluding hydrogens is 257 g/mol. The first-order valence-corrected chi connectivity index (χ1v) is 5.88. The van der Waals surface area contributed by atoms with Crippen molar-refractivity contribution in [1.29, 1.82) is 5.41 Å². The Labute approximate surface area is 109 Å². The van der Waals surface area contributed by atoms with E-state index in [0.29, 0.717) is 6.54 Å². The highest BCUT2D eigenvalue weighted by molar-refractivity contribution is 5.79. The van der Waals surface area contributed by atoms with Crippen molar-refractivity contribution in [2.45, 2.75) is 20.0 Å². The van der Waals surface area contributed by atoms with Crippen molar-refractivity contribution < 1.29 is 13.2 Å². The van der Waals surface area contributed by atoms with Crippen molar-refractivity contribution in [3.05, 3.63) is 23.9 Å². The molecule has 1 heterocycles. The highest BCUT2D eigenvalue weighted by atomic mass is 19.4. The summed E-state index contributed by atoms with van der Waals surface area (Å²) < 4.78 is 38.7. The van der Waals surface area contributed by atoms with Crippen LogP contribution in [0.2, 0.25) is 0 Å². The highest BCUT2D eigenvalue weighted by Crippen LogP contribution is 2.35. The number of anilines is 1. The number of nitrogens with zero attached hydrogens (tertiary/aromatic N) is 2. The van der Waals surface area contributed by atoms with Crippen LogP contribution in [-0.4, -0.2) is 23.9 Å². The van der Waals surface area contributed by atoms with Gasteiger partial charge < -0.3 is 10.6 Å². The predicted molar refractivity (Wildman–Crippen MR) is 68.2 cm³/mol. The Morgan fingerprint density at radius 2 is 2.16 bits per heavy atom. The summed E-state index contributed by atoms with van der Waals surface area (Å²) in [5, 5.41) is 7.32. The number of nitrogens with one attached hydrogen (secondary N) is 1. The fourth-order valence-electron chi connectivity index (χ4n) is 1.66. The van der Waals surface area contributed by atoms with Gasteiger partial charge in [0, 0.05) is 25.2 Å². The van der Waals surface area contributed by atoms with Crippen LogP contribution in [0.1, 0.15) is 19.4 Å². The molecule has 0 aliphatic rings. The standard InChI is InChI=1S/C12H17F3N4/c1-3-19(7-8(2)10(16)17)11-9(12(13,14)15)5-4-6-18-11/h4-6,8H,3,7H2,1-2H3,(H3,16,17). The lowest BCUT2D eigenvalue weighted by atomic mass is 10.1. The van der Waals surface area contributed by atoms with Gasteiger partial charge in [-0.15, -0.1) is 0 Å². The summed E-state index contributed by atoms with van der Waals surface area (Å²) in [5.74, 6) is -0.503. The molecule has 0 radical (unpaired) electrons. The first-order valence-electron chi connectivity index (χ1n) is 5.88. The number of rotatable bonds is 5. The maximum absolute atomic E-state index is 12.9. The van der Waals surface area contributed by atoms with E-state index in [-0.39, 0.29) is 24.1 Å². The number of halogens is 3. The third kappa shape index (κ3) is 3.84. The third-order valence-corrected chi connectivity index (χ3v) is 2.80. The van der Waals surface area contributed by atoms with Gasteiger partial charge in [-0.25, -0.2) is 4.98 Å². The molecule has 4 nitrogen and oxygen atoms in total. The van der Waals surface area contributed by atoms with Gasteiger partial charge in [0.2, 0.25) is 0 Å². The maximum atomic E-state index is 12.9. The van der Waals surface area contributed by atoms with Gasteiger partial charge in [-0.3, -0.25) is 5.41 Å². The average molecular weight is 274 g/mol. The topological polar surface area (TPSA) is 66.0 Å². The molecule has 0 fully saturated rings. The molecule has 1 aromatic rings. The molecule has 0 bridgehead atoms. The molecule has 3 N–H and O–H groups in total. The summed E-state index contributed by atoms with van der Waals surface area (Å²) in [6.45, 7) is 4.02. The first kappa shape index (κ1) is 15.3. The van der Waals surface area contributed by atoms with Crippen molar-refractivity contribution in [3.8, 4) is 0 Å². The molecule has 1 rings (SSSR count). The number of nitrogens with two attached hydrogens (primary N) is 1. The van der Waals surface area contributed by atoms with Crippen molar-refractivity contribution in [1.82, 2.24) is 4.98 Å². The second-order valence-electron chi connectivity index (χ2n) is 4.27. The summed E-state index contributed by atoms with van der Waals surface area (Å²) in [5.41, 5.74) is 4.58. The van der Waals surface area contributed by atoms with Crippen molar-refractivity contribution >= 4 is 11.7 Å². The molecule has 0 spiro atoms. The van der Waals surface area contributed by atoms with Crippen LogP contribution in [0.3, 0.4) is 0 Å². The molecule has 1 atom stereocenters. The lowest BCUT2D eigenvalue weighted by Crippen LogP contribution is -2.36. The van der Waals surface area contributed by atoms with E-state index in [4.69, 9.17) is 11.1 Å². The molecular formula is C12H17F3N4. The molecule has 0 amide bonds. The fourth-order valence-corrected chi connectivity index (χ4v) is 1.66. The van der Waals surface area contributed by atoms with Gasteiger partial charge >= 0.3 is 6.18 Å². The van der Waals surface area contributed by atoms with Crippen molar-refractivity contribution in [2.75, 3.05) is 18.0 Å². The number of hydrogen-bond donors (Lipinski definition) is 2. The van der Waals surface area contributed by atoms with Gasteiger partial charge in [-0.05, 0) is 19.1 Å². The molecule has 106 valence electrons. The summed E-state index contributed by atoms with van der Waals surface area (Å²) in [7, 11) is 0. The Bertz CT molecular complexity index is 445. The minimum absolute atomic E-state index is 0.0528. The molecule has 1 unspecified atom stereocenters. The lowest BCUT2D eigenvalue weighted by Gasteiger charge is -2.27. The number of alkyl halides is 3. The minimum atomic E-state index is -4.45. The third-order valence-electron chi connectivity index (χ3n) is 2.80. The molecule has 0 aromatic carbocycles. The van der Waals surface area contributed by atoms with Crippen LogP contribution < -0.4 is 10.6 Å². The minimum Gasteiger partial charge on any atom is -0.387 e. The molecule has 19 heavy (non-hydrogen) atoms. The quantitative estimate of drug-likeness (QED) is 0.640. The molecule has 0 saturated carbocycles. The van der Waals surface area contributed by atoms with Gasteiger partial charge in [0.1, 0.15) is 5.82 Å². The lowest BCUT2D eigenvalue weighted by molar-refractivity contribution is -0.137. The van der Waals surface area contributed by atoms with E-state index in [1.165, 1.54) is 17.2 Å². The first-order chi connectivity index (χ1) is 8.77. The van der Waals surface area contributed by atoms with Crippen LogP contribution in [0.15, 0.2) is 18.3 Å². The Kier molecular flexibility index (Phi) is 4.74. The molecule has 0 aliphatic carbocycles. The molecule has 1 aromatic heterocycles. The Balaban J connectivity index is 3.09. The fraction of sp³-hybridized carbons (Fsp3) is 0.500. The highest BCUT2D eigenvalue weighted by Gasteiger charge is 2.35. The SMILES string of the molecule is CCN(CC(C)C(=N)N)c1ncccc1C(F)(F)F. The van der Waals surface area contributed by atoms with Gasteiger partial charge in [0.05, 0.1) is 11.4 Å². The largest absolute Gasteiger partial charge is 0.419 e. The van der Waals surface area contributed by atoms with Crippen LogP contribution in [0, 0.1) is 11.3 Å². The second-order valence-corrected chi connectivity index (χ2v) is 4.27. The molecule has 7 heteroatoms. The van der Waals surface area contributed by atoms with Crippen molar-refractivity contribution in [2.24, 2.45) is 11.7 Å². The number of hydrogen-bond acceptors (Lipinski definition) is 3. The normalized spacial score (nSPS) is 13.1. The zero-order chi connectivity index (χ0) is 14.6. The van der Waals surface area contributed by atoms with Gasteiger partial charge in [0.15, 0.2) is 0 Å². The van der Waals surface area contributed by atoms with E-state index in [0.717, 1.165) is 6.07 Å². The maximum Gasteiger partial charge on any atom is 0.419 e.